The van der Waals surface area contributed by atoms with Crippen molar-refractivity contribution < 1.29 is 5.11 Å². The molecule has 1 saturated carbocycles. The maximum Gasteiger partial charge on any atom is 0.0559 e. The zero-order valence-corrected chi connectivity index (χ0v) is 6.96. The minimum Gasteiger partial charge on any atom is -0.393 e. The van der Waals surface area contributed by atoms with Crippen LogP contribution >= 0.6 is 0 Å². The first-order valence-electron chi connectivity index (χ1n) is 4.29. The summed E-state index contributed by atoms with van der Waals surface area (Å²) in [6.07, 6.45) is 3.34. The van der Waals surface area contributed by atoms with Crippen molar-refractivity contribution in [2.24, 2.45) is 5.73 Å². The molecule has 0 radical (unpaired) electrons. The molecule has 0 atom stereocenters. The van der Waals surface area contributed by atoms with Gasteiger partial charge < -0.3 is 15.8 Å². The van der Waals surface area contributed by atoms with Crippen LogP contribution in [0.15, 0.2) is 18.3 Å². The van der Waals surface area contributed by atoms with Crippen LogP contribution in [0.5, 0.6) is 0 Å². The Morgan fingerprint density at radius 3 is 2.83 bits per heavy atom. The Morgan fingerprint density at radius 2 is 2.42 bits per heavy atom. The second kappa shape index (κ2) is 2.61. The summed E-state index contributed by atoms with van der Waals surface area (Å²) in [6, 6.07) is 4.01. The van der Waals surface area contributed by atoms with Crippen LogP contribution < -0.4 is 5.73 Å². The number of H-pyrrole nitrogens is 1. The summed E-state index contributed by atoms with van der Waals surface area (Å²) < 4.78 is 0. The van der Waals surface area contributed by atoms with E-state index in [1.54, 1.807) is 0 Å². The molecule has 1 heterocycles. The van der Waals surface area contributed by atoms with Crippen LogP contribution in [0.1, 0.15) is 18.5 Å². The van der Waals surface area contributed by atoms with E-state index < -0.39 is 0 Å². The van der Waals surface area contributed by atoms with Crippen LogP contribution in [0.4, 0.5) is 0 Å². The van der Waals surface area contributed by atoms with Crippen LogP contribution in [-0.4, -0.2) is 22.7 Å². The molecule has 1 fully saturated rings. The van der Waals surface area contributed by atoms with Crippen LogP contribution in [0.25, 0.3) is 0 Å². The molecule has 1 aromatic heterocycles. The van der Waals surface area contributed by atoms with E-state index in [1.165, 1.54) is 0 Å². The van der Waals surface area contributed by atoms with Gasteiger partial charge >= 0.3 is 0 Å². The van der Waals surface area contributed by atoms with Crippen LogP contribution in [0.2, 0.25) is 0 Å². The first-order valence-corrected chi connectivity index (χ1v) is 4.29. The van der Waals surface area contributed by atoms with Gasteiger partial charge in [-0.15, -0.1) is 0 Å². The van der Waals surface area contributed by atoms with Crippen molar-refractivity contribution in [1.82, 2.24) is 4.98 Å². The van der Waals surface area contributed by atoms with Crippen LogP contribution in [0.3, 0.4) is 0 Å². The minimum atomic E-state index is -0.156. The highest BCUT2D eigenvalue weighted by molar-refractivity contribution is 5.23. The maximum atomic E-state index is 9.24. The molecule has 0 amide bonds. The van der Waals surface area contributed by atoms with Crippen molar-refractivity contribution in [2.75, 3.05) is 6.54 Å². The number of aliphatic hydroxyl groups excluding tert-OH is 1. The van der Waals surface area contributed by atoms with Crippen molar-refractivity contribution in [3.05, 3.63) is 24.0 Å². The fraction of sp³-hybridized carbons (Fsp3) is 0.556. The number of aromatic amines is 1. The highest BCUT2D eigenvalue weighted by Gasteiger charge is 2.44. The Hall–Kier alpha value is -0.800. The molecule has 0 bridgehead atoms. The molecule has 0 aliphatic heterocycles. The monoisotopic (exact) mass is 166 g/mol. The van der Waals surface area contributed by atoms with Gasteiger partial charge in [-0.25, -0.2) is 0 Å². The number of hydrogen-bond acceptors (Lipinski definition) is 2. The van der Waals surface area contributed by atoms with E-state index >= 15 is 0 Å². The molecule has 3 nitrogen and oxygen atoms in total. The number of aliphatic hydroxyl groups is 1. The topological polar surface area (TPSA) is 62.0 Å². The van der Waals surface area contributed by atoms with Gasteiger partial charge in [-0.3, -0.25) is 0 Å². The van der Waals surface area contributed by atoms with E-state index in [0.29, 0.717) is 6.54 Å². The van der Waals surface area contributed by atoms with Gasteiger partial charge in [0, 0.05) is 23.9 Å². The third-order valence-electron chi connectivity index (χ3n) is 2.81. The lowest BCUT2D eigenvalue weighted by atomic mass is 9.65. The first kappa shape index (κ1) is 7.83. The van der Waals surface area contributed by atoms with Gasteiger partial charge in [0.05, 0.1) is 6.10 Å². The predicted molar refractivity (Wildman–Crippen MR) is 46.8 cm³/mol. The largest absolute Gasteiger partial charge is 0.393 e. The summed E-state index contributed by atoms with van der Waals surface area (Å²) in [5.74, 6) is 0. The van der Waals surface area contributed by atoms with Crippen LogP contribution in [0, 0.1) is 0 Å². The second-order valence-electron chi connectivity index (χ2n) is 3.63. The van der Waals surface area contributed by atoms with Gasteiger partial charge in [-0.1, -0.05) is 0 Å². The molecule has 1 aromatic rings. The Morgan fingerprint density at radius 1 is 1.67 bits per heavy atom. The molecule has 3 heteroatoms. The third kappa shape index (κ3) is 0.974. The summed E-state index contributed by atoms with van der Waals surface area (Å²) in [7, 11) is 0. The van der Waals surface area contributed by atoms with E-state index in [9.17, 15) is 5.11 Å². The number of rotatable bonds is 2. The standard InChI is InChI=1S/C9H14N2O/c10-6-9(4-7(12)5-9)8-2-1-3-11-8/h1-3,7,11-12H,4-6,10H2. The maximum absolute atomic E-state index is 9.24. The quantitative estimate of drug-likeness (QED) is 0.594. The first-order chi connectivity index (χ1) is 5.77. The number of nitrogens with two attached hydrogens (primary N) is 1. The predicted octanol–water partition coefficient (Wildman–Crippen LogP) is 0.366. The fourth-order valence-corrected chi connectivity index (χ4v) is 2.00. The zero-order chi connectivity index (χ0) is 8.60. The van der Waals surface area contributed by atoms with Crippen LogP contribution in [-0.2, 0) is 5.41 Å². The lowest BCUT2D eigenvalue weighted by molar-refractivity contribution is 0.0203. The van der Waals surface area contributed by atoms with Gasteiger partial charge in [-0.2, -0.15) is 0 Å². The van der Waals surface area contributed by atoms with E-state index in [1.807, 2.05) is 18.3 Å². The minimum absolute atomic E-state index is 0.0307. The molecule has 0 unspecified atom stereocenters. The van der Waals surface area contributed by atoms with Gasteiger partial charge in [0.15, 0.2) is 0 Å². The molecule has 0 aromatic carbocycles. The lowest BCUT2D eigenvalue weighted by Crippen LogP contribution is -2.50. The molecule has 2 rings (SSSR count). The van der Waals surface area contributed by atoms with E-state index in [4.69, 9.17) is 5.73 Å². The summed E-state index contributed by atoms with van der Waals surface area (Å²) in [4.78, 5) is 3.16. The molecule has 0 spiro atoms. The molecular formula is C9H14N2O. The fourth-order valence-electron chi connectivity index (χ4n) is 2.00. The van der Waals surface area contributed by atoms with Gasteiger partial charge in [0.25, 0.3) is 0 Å². The highest BCUT2D eigenvalue weighted by Crippen LogP contribution is 2.42. The summed E-state index contributed by atoms with van der Waals surface area (Å²) >= 11 is 0. The Balaban J connectivity index is 2.20. The lowest BCUT2D eigenvalue weighted by Gasteiger charge is -2.44. The van der Waals surface area contributed by atoms with Crippen molar-refractivity contribution in [3.63, 3.8) is 0 Å². The molecule has 4 N–H and O–H groups in total. The number of aromatic nitrogens is 1. The Bertz CT molecular complexity index is 250. The Labute approximate surface area is 71.6 Å². The van der Waals surface area contributed by atoms with Crippen molar-refractivity contribution >= 4 is 0 Å². The molecular weight excluding hydrogens is 152 g/mol. The SMILES string of the molecule is NCC1(c2ccc[nH]2)CC(O)C1. The molecule has 0 saturated heterocycles. The molecule has 66 valence electrons. The molecule has 1 aliphatic carbocycles. The highest BCUT2D eigenvalue weighted by atomic mass is 16.3. The van der Waals surface area contributed by atoms with E-state index in [-0.39, 0.29) is 11.5 Å². The normalized spacial score (nSPS) is 34.7. The van der Waals surface area contributed by atoms with Gasteiger partial charge in [-0.05, 0) is 25.0 Å². The third-order valence-corrected chi connectivity index (χ3v) is 2.81. The van der Waals surface area contributed by atoms with Crippen molar-refractivity contribution in [3.8, 4) is 0 Å². The van der Waals surface area contributed by atoms with Crippen molar-refractivity contribution in [2.45, 2.75) is 24.4 Å². The summed E-state index contributed by atoms with van der Waals surface area (Å²) in [5, 5.41) is 9.24. The number of nitrogens with one attached hydrogen (secondary N) is 1. The van der Waals surface area contributed by atoms with Gasteiger partial charge in [0.1, 0.15) is 0 Å². The number of hydrogen-bond donors (Lipinski definition) is 3. The average Bonchev–Trinajstić information content (AvgIpc) is 2.50. The zero-order valence-electron chi connectivity index (χ0n) is 6.96. The smallest absolute Gasteiger partial charge is 0.0559 e. The van der Waals surface area contributed by atoms with E-state index in [0.717, 1.165) is 18.5 Å². The molecule has 12 heavy (non-hydrogen) atoms. The van der Waals surface area contributed by atoms with Gasteiger partial charge in [0.2, 0.25) is 0 Å². The summed E-state index contributed by atoms with van der Waals surface area (Å²) in [6.45, 7) is 0.616. The Kier molecular flexibility index (Phi) is 1.70. The molecule has 1 aliphatic rings. The van der Waals surface area contributed by atoms with E-state index in [2.05, 4.69) is 4.98 Å². The second-order valence-corrected chi connectivity index (χ2v) is 3.63. The average molecular weight is 166 g/mol. The summed E-state index contributed by atoms with van der Waals surface area (Å²) in [5.41, 5.74) is 6.88. The van der Waals surface area contributed by atoms with Crippen molar-refractivity contribution in [1.29, 1.82) is 0 Å².